The maximum Gasteiger partial charge on any atom is 0.223 e. The summed E-state index contributed by atoms with van der Waals surface area (Å²) in [6, 6.07) is 6.62. The quantitative estimate of drug-likeness (QED) is 0.842. The molecule has 1 aliphatic rings. The van der Waals surface area contributed by atoms with E-state index >= 15 is 0 Å². The maximum absolute atomic E-state index is 13.4. The Kier molecular flexibility index (Phi) is 9.70. The van der Waals surface area contributed by atoms with Gasteiger partial charge in [-0.2, -0.15) is 0 Å². The van der Waals surface area contributed by atoms with Crippen molar-refractivity contribution in [2.75, 3.05) is 20.6 Å². The zero-order valence-corrected chi connectivity index (χ0v) is 15.1. The standard InChI is InChI=1S/C16H24FN3O.2ClH/c1-20(2)15(11-4-3-5-13(17)8-11)10-19-16(21)12-6-7-14(18)9-12;;/h3-5,8,12,14-15H,6-7,9-10,18H2,1-2H3,(H,19,21);2*1H. The number of nitrogens with two attached hydrogens (primary N) is 1. The Hall–Kier alpha value is -0.880. The van der Waals surface area contributed by atoms with Gasteiger partial charge in [-0.1, -0.05) is 12.1 Å². The van der Waals surface area contributed by atoms with Crippen molar-refractivity contribution in [2.24, 2.45) is 11.7 Å². The fourth-order valence-corrected chi connectivity index (χ4v) is 2.91. The number of carbonyl (C=O) groups is 1. The van der Waals surface area contributed by atoms with Crippen LogP contribution in [-0.4, -0.2) is 37.5 Å². The third kappa shape index (κ3) is 6.26. The molecule has 23 heavy (non-hydrogen) atoms. The van der Waals surface area contributed by atoms with Crippen molar-refractivity contribution in [1.29, 1.82) is 0 Å². The zero-order valence-electron chi connectivity index (χ0n) is 13.5. The number of carbonyl (C=O) groups excluding carboxylic acids is 1. The van der Waals surface area contributed by atoms with Crippen LogP contribution in [0.3, 0.4) is 0 Å². The lowest BCUT2D eigenvalue weighted by molar-refractivity contribution is -0.125. The van der Waals surface area contributed by atoms with Gasteiger partial charge in [0.2, 0.25) is 5.91 Å². The second kappa shape index (κ2) is 10.1. The van der Waals surface area contributed by atoms with Crippen LogP contribution in [0.5, 0.6) is 0 Å². The minimum Gasteiger partial charge on any atom is -0.354 e. The van der Waals surface area contributed by atoms with E-state index in [0.717, 1.165) is 24.8 Å². The molecule has 0 bridgehead atoms. The molecule has 0 aliphatic heterocycles. The minimum atomic E-state index is -0.257. The molecule has 1 aromatic rings. The van der Waals surface area contributed by atoms with Crippen molar-refractivity contribution in [2.45, 2.75) is 31.3 Å². The molecule has 1 aromatic carbocycles. The number of hydrogen-bond donors (Lipinski definition) is 2. The van der Waals surface area contributed by atoms with Gasteiger partial charge in [0.05, 0.1) is 6.04 Å². The number of halogens is 3. The number of rotatable bonds is 5. The molecule has 1 fully saturated rings. The van der Waals surface area contributed by atoms with E-state index in [-0.39, 0.29) is 54.5 Å². The molecule has 4 nitrogen and oxygen atoms in total. The van der Waals surface area contributed by atoms with Gasteiger partial charge in [0.15, 0.2) is 0 Å². The van der Waals surface area contributed by atoms with Gasteiger partial charge in [-0.3, -0.25) is 4.79 Å². The van der Waals surface area contributed by atoms with E-state index in [1.807, 2.05) is 25.1 Å². The lowest BCUT2D eigenvalue weighted by Crippen LogP contribution is -2.37. The molecule has 132 valence electrons. The molecule has 7 heteroatoms. The Labute approximate surface area is 149 Å². The van der Waals surface area contributed by atoms with E-state index in [4.69, 9.17) is 5.73 Å². The average molecular weight is 366 g/mol. The average Bonchev–Trinajstić information content (AvgIpc) is 2.85. The van der Waals surface area contributed by atoms with Crippen molar-refractivity contribution in [3.63, 3.8) is 0 Å². The first-order valence-corrected chi connectivity index (χ1v) is 7.42. The Bertz CT molecular complexity index is 502. The van der Waals surface area contributed by atoms with Crippen LogP contribution in [0, 0.1) is 11.7 Å². The van der Waals surface area contributed by atoms with E-state index in [2.05, 4.69) is 5.32 Å². The molecule has 3 N–H and O–H groups in total. The topological polar surface area (TPSA) is 58.4 Å². The first kappa shape index (κ1) is 22.1. The molecular weight excluding hydrogens is 340 g/mol. The molecular formula is C16H26Cl2FN3O. The van der Waals surface area contributed by atoms with E-state index in [1.54, 1.807) is 6.07 Å². The molecule has 3 atom stereocenters. The molecule has 0 saturated heterocycles. The van der Waals surface area contributed by atoms with Crippen LogP contribution < -0.4 is 11.1 Å². The zero-order chi connectivity index (χ0) is 15.4. The highest BCUT2D eigenvalue weighted by Crippen LogP contribution is 2.24. The van der Waals surface area contributed by atoms with Crippen LogP contribution in [0.25, 0.3) is 0 Å². The van der Waals surface area contributed by atoms with Crippen LogP contribution >= 0.6 is 24.8 Å². The molecule has 3 unspecified atom stereocenters. The summed E-state index contributed by atoms with van der Waals surface area (Å²) in [5.41, 5.74) is 6.71. The van der Waals surface area contributed by atoms with Gasteiger partial charge in [0.1, 0.15) is 5.82 Å². The maximum atomic E-state index is 13.4. The number of nitrogens with zero attached hydrogens (tertiary/aromatic N) is 1. The summed E-state index contributed by atoms with van der Waals surface area (Å²) < 4.78 is 13.4. The predicted octanol–water partition coefficient (Wildman–Crippen LogP) is 2.52. The van der Waals surface area contributed by atoms with Gasteiger partial charge in [0, 0.05) is 18.5 Å². The highest BCUT2D eigenvalue weighted by atomic mass is 35.5. The van der Waals surface area contributed by atoms with Crippen LogP contribution in [0.1, 0.15) is 30.9 Å². The first-order chi connectivity index (χ1) is 9.97. The van der Waals surface area contributed by atoms with Gasteiger partial charge in [-0.25, -0.2) is 4.39 Å². The highest BCUT2D eigenvalue weighted by molar-refractivity contribution is 5.85. The van der Waals surface area contributed by atoms with Gasteiger partial charge in [-0.05, 0) is 51.1 Å². The smallest absolute Gasteiger partial charge is 0.223 e. The summed E-state index contributed by atoms with van der Waals surface area (Å²) in [5.74, 6) is -0.172. The Morgan fingerprint density at radius 2 is 2.09 bits per heavy atom. The molecule has 0 aromatic heterocycles. The van der Waals surface area contributed by atoms with Gasteiger partial charge >= 0.3 is 0 Å². The summed E-state index contributed by atoms with van der Waals surface area (Å²) in [4.78, 5) is 14.1. The SMILES string of the molecule is CN(C)C(CNC(=O)C1CCC(N)C1)c1cccc(F)c1.Cl.Cl. The first-order valence-electron chi connectivity index (χ1n) is 7.42. The van der Waals surface area contributed by atoms with Gasteiger partial charge < -0.3 is 16.0 Å². The summed E-state index contributed by atoms with van der Waals surface area (Å²) >= 11 is 0. The lowest BCUT2D eigenvalue weighted by atomic mass is 10.0. The summed E-state index contributed by atoms with van der Waals surface area (Å²) in [6.07, 6.45) is 2.54. The van der Waals surface area contributed by atoms with Gasteiger partial charge in [0.25, 0.3) is 0 Å². The lowest BCUT2D eigenvalue weighted by Gasteiger charge is -2.25. The summed E-state index contributed by atoms with van der Waals surface area (Å²) in [7, 11) is 3.85. The van der Waals surface area contributed by atoms with Gasteiger partial charge in [-0.15, -0.1) is 24.8 Å². The number of hydrogen-bond acceptors (Lipinski definition) is 3. The fraction of sp³-hybridized carbons (Fsp3) is 0.562. The Balaban J connectivity index is 0.00000242. The normalized spacial score (nSPS) is 21.3. The van der Waals surface area contributed by atoms with Crippen molar-refractivity contribution >= 4 is 30.7 Å². The monoisotopic (exact) mass is 365 g/mol. The predicted molar refractivity (Wildman–Crippen MR) is 95.7 cm³/mol. The Morgan fingerprint density at radius 3 is 2.61 bits per heavy atom. The second-order valence-electron chi connectivity index (χ2n) is 6.05. The third-order valence-electron chi connectivity index (χ3n) is 4.17. The summed E-state index contributed by atoms with van der Waals surface area (Å²) in [5, 5.41) is 2.99. The number of nitrogens with one attached hydrogen (secondary N) is 1. The van der Waals surface area contributed by atoms with Crippen LogP contribution in [0.4, 0.5) is 4.39 Å². The van der Waals surface area contributed by atoms with E-state index in [9.17, 15) is 9.18 Å². The molecule has 1 aliphatic carbocycles. The molecule has 1 saturated carbocycles. The van der Waals surface area contributed by atoms with E-state index < -0.39 is 0 Å². The number of benzene rings is 1. The number of amides is 1. The van der Waals surface area contributed by atoms with E-state index in [0.29, 0.717) is 6.54 Å². The van der Waals surface area contributed by atoms with Crippen molar-refractivity contribution < 1.29 is 9.18 Å². The Morgan fingerprint density at radius 1 is 1.39 bits per heavy atom. The largest absolute Gasteiger partial charge is 0.354 e. The highest BCUT2D eigenvalue weighted by Gasteiger charge is 2.28. The summed E-state index contributed by atoms with van der Waals surface area (Å²) in [6.45, 7) is 0.473. The van der Waals surface area contributed by atoms with Crippen molar-refractivity contribution in [1.82, 2.24) is 10.2 Å². The number of likely N-dealkylation sites (N-methyl/N-ethyl adjacent to an activating group) is 1. The fourth-order valence-electron chi connectivity index (χ4n) is 2.91. The minimum absolute atomic E-state index is 0. The van der Waals surface area contributed by atoms with E-state index in [1.165, 1.54) is 12.1 Å². The third-order valence-corrected chi connectivity index (χ3v) is 4.17. The molecule has 0 heterocycles. The molecule has 0 radical (unpaired) electrons. The van der Waals surface area contributed by atoms with Crippen molar-refractivity contribution in [3.8, 4) is 0 Å². The second-order valence-corrected chi connectivity index (χ2v) is 6.05. The van der Waals surface area contributed by atoms with Crippen LogP contribution in [-0.2, 0) is 4.79 Å². The molecule has 1 amide bonds. The van der Waals surface area contributed by atoms with Crippen LogP contribution in [0.15, 0.2) is 24.3 Å². The molecule has 0 spiro atoms. The van der Waals surface area contributed by atoms with Crippen molar-refractivity contribution in [3.05, 3.63) is 35.6 Å². The van der Waals surface area contributed by atoms with Crippen LogP contribution in [0.2, 0.25) is 0 Å². The molecule has 2 rings (SSSR count).